The third-order valence-electron chi connectivity index (χ3n) is 8.62. The standard InChI is InChI=1S/C35H41F5N6O4/c1-8-20-11-12-35(39,40)17-49-24-10-9-22(36)26(38)25(24)28-23(37)15-21-30(43-32(47)46(31(21)42-28)29(20)27(41)18(2)3)45-14-13-44(16-19(45)4)33(48)50-34(5,6)7/h8-10,15,18-19H,11-14,16-17,41H2,1-7H3/b20-8-,29-27+. The summed E-state index contributed by atoms with van der Waals surface area (Å²) in [5.74, 6) is -8.56. The van der Waals surface area contributed by atoms with Gasteiger partial charge in [-0.2, -0.15) is 4.98 Å². The number of benzene rings is 1. The summed E-state index contributed by atoms with van der Waals surface area (Å²) in [4.78, 5) is 39.1. The number of carbonyl (C=O) groups excluding carboxylic acids is 1. The topological polar surface area (TPSA) is 116 Å². The lowest BCUT2D eigenvalue weighted by Gasteiger charge is -2.41. The largest absolute Gasteiger partial charge is 0.486 e. The first-order chi connectivity index (χ1) is 23.3. The van der Waals surface area contributed by atoms with Gasteiger partial charge in [-0.1, -0.05) is 19.9 Å². The van der Waals surface area contributed by atoms with Crippen LogP contribution in [0.2, 0.25) is 0 Å². The number of aromatic nitrogens is 3. The van der Waals surface area contributed by atoms with E-state index in [9.17, 15) is 14.0 Å². The van der Waals surface area contributed by atoms with Gasteiger partial charge in [0, 0.05) is 37.8 Å². The molecule has 0 radical (unpaired) electrons. The maximum Gasteiger partial charge on any atom is 0.410 e. The van der Waals surface area contributed by atoms with Gasteiger partial charge in [-0.25, -0.2) is 41.1 Å². The molecule has 5 rings (SSSR count). The second kappa shape index (κ2) is 13.6. The van der Waals surface area contributed by atoms with Crippen LogP contribution in [0.5, 0.6) is 5.75 Å². The van der Waals surface area contributed by atoms with E-state index in [1.807, 2.05) is 0 Å². The van der Waals surface area contributed by atoms with Gasteiger partial charge in [-0.05, 0) is 70.7 Å². The van der Waals surface area contributed by atoms with Crippen LogP contribution in [0.3, 0.4) is 0 Å². The van der Waals surface area contributed by atoms with E-state index in [0.717, 1.165) is 16.7 Å². The predicted molar refractivity (Wildman–Crippen MR) is 179 cm³/mol. The Hall–Kier alpha value is -4.69. The first kappa shape index (κ1) is 36.6. The SMILES string of the molecule is C/C=C1/CCC(F)(F)COc2ccc(F)c(F)c2-c2nc3c(cc2F)c(N2CCN(C(=O)OC(C)(C)C)CC2C)nc(=O)n3/C1=C(/N)C(C)C. The molecule has 1 atom stereocenters. The van der Waals surface area contributed by atoms with Gasteiger partial charge < -0.3 is 25.0 Å². The average molecular weight is 705 g/mol. The number of fused-ring (bicyclic) bond motifs is 3. The number of pyridine rings is 1. The van der Waals surface area contributed by atoms with Crippen LogP contribution in [-0.2, 0) is 4.74 Å². The van der Waals surface area contributed by atoms with E-state index in [1.54, 1.807) is 59.4 Å². The fourth-order valence-electron chi connectivity index (χ4n) is 6.04. The number of anilines is 1. The van der Waals surface area contributed by atoms with Crippen LogP contribution in [0.15, 0.2) is 40.3 Å². The van der Waals surface area contributed by atoms with Gasteiger partial charge in [0.15, 0.2) is 29.7 Å². The summed E-state index contributed by atoms with van der Waals surface area (Å²) in [5.41, 5.74) is 3.54. The predicted octanol–water partition coefficient (Wildman–Crippen LogP) is 6.86. The molecule has 1 saturated heterocycles. The monoisotopic (exact) mass is 704 g/mol. The number of nitrogens with two attached hydrogens (primary N) is 1. The molecule has 3 aromatic rings. The highest BCUT2D eigenvalue weighted by molar-refractivity contribution is 5.92. The van der Waals surface area contributed by atoms with Crippen molar-refractivity contribution < 1.29 is 36.2 Å². The first-order valence-corrected chi connectivity index (χ1v) is 16.4. The second-order valence-corrected chi connectivity index (χ2v) is 13.9. The Morgan fingerprint density at radius 2 is 1.84 bits per heavy atom. The maximum atomic E-state index is 16.3. The molecular weight excluding hydrogens is 663 g/mol. The third-order valence-corrected chi connectivity index (χ3v) is 8.62. The number of alkyl halides is 2. The molecule has 2 bridgehead atoms. The van der Waals surface area contributed by atoms with E-state index in [1.165, 1.54) is 4.90 Å². The zero-order valence-electron chi connectivity index (χ0n) is 29.0. The van der Waals surface area contributed by atoms with E-state index in [-0.39, 0.29) is 59.9 Å². The van der Waals surface area contributed by atoms with E-state index in [0.29, 0.717) is 6.07 Å². The smallest absolute Gasteiger partial charge is 0.410 e. The van der Waals surface area contributed by atoms with Crippen LogP contribution in [-0.4, -0.2) is 69.3 Å². The number of carbonyl (C=O) groups is 1. The van der Waals surface area contributed by atoms with Crippen LogP contribution < -0.4 is 21.1 Å². The van der Waals surface area contributed by atoms with Crippen molar-refractivity contribution in [2.45, 2.75) is 78.9 Å². The van der Waals surface area contributed by atoms with E-state index in [4.69, 9.17) is 15.2 Å². The van der Waals surface area contributed by atoms with Crippen LogP contribution in [0, 0.1) is 23.4 Å². The minimum Gasteiger partial charge on any atom is -0.486 e. The summed E-state index contributed by atoms with van der Waals surface area (Å²) < 4.78 is 88.9. The number of rotatable bonds is 2. The molecule has 4 heterocycles. The van der Waals surface area contributed by atoms with Crippen LogP contribution >= 0.6 is 0 Å². The number of amides is 1. The summed E-state index contributed by atoms with van der Waals surface area (Å²) in [7, 11) is 0. The lowest BCUT2D eigenvalue weighted by molar-refractivity contribution is -0.0470. The van der Waals surface area contributed by atoms with Crippen molar-refractivity contribution >= 4 is 28.6 Å². The molecule has 1 aromatic carbocycles. The molecule has 270 valence electrons. The summed E-state index contributed by atoms with van der Waals surface area (Å²) in [6, 6.07) is 2.14. The van der Waals surface area contributed by atoms with Crippen LogP contribution in [0.1, 0.15) is 61.3 Å². The molecule has 15 heteroatoms. The quantitative estimate of drug-likeness (QED) is 0.288. The molecule has 0 aliphatic carbocycles. The molecule has 1 fully saturated rings. The molecule has 10 nitrogen and oxygen atoms in total. The number of piperazine rings is 1. The average Bonchev–Trinajstić information content (AvgIpc) is 3.03. The minimum atomic E-state index is -3.48. The molecule has 2 aliphatic heterocycles. The lowest BCUT2D eigenvalue weighted by Crippen LogP contribution is -2.55. The zero-order valence-corrected chi connectivity index (χ0v) is 29.0. The molecule has 1 unspecified atom stereocenters. The minimum absolute atomic E-state index is 0.00686. The Balaban J connectivity index is 1.82. The van der Waals surface area contributed by atoms with Crippen molar-refractivity contribution in [2.24, 2.45) is 11.7 Å². The number of hydrogen-bond donors (Lipinski definition) is 1. The van der Waals surface area contributed by atoms with Crippen molar-refractivity contribution in [1.82, 2.24) is 19.4 Å². The molecule has 2 aromatic heterocycles. The van der Waals surface area contributed by atoms with Gasteiger partial charge in [0.05, 0.1) is 16.6 Å². The van der Waals surface area contributed by atoms with E-state index >= 15 is 17.6 Å². The van der Waals surface area contributed by atoms with Crippen LogP contribution in [0.4, 0.5) is 32.6 Å². The number of nitrogens with zero attached hydrogens (tertiary/aromatic N) is 5. The number of allylic oxidation sites excluding steroid dienone is 4. The summed E-state index contributed by atoms with van der Waals surface area (Å²) >= 11 is 0. The van der Waals surface area contributed by atoms with Gasteiger partial charge in [-0.15, -0.1) is 0 Å². The molecular formula is C35H41F5N6O4. The Bertz CT molecular complexity index is 1950. The van der Waals surface area contributed by atoms with E-state index in [2.05, 4.69) is 9.97 Å². The highest BCUT2D eigenvalue weighted by Crippen LogP contribution is 2.40. The molecule has 50 heavy (non-hydrogen) atoms. The molecule has 2 N–H and O–H groups in total. The fourth-order valence-corrected chi connectivity index (χ4v) is 6.04. The Kier molecular flexibility index (Phi) is 9.92. The summed E-state index contributed by atoms with van der Waals surface area (Å²) in [6.45, 7) is 11.4. The normalized spacial score (nSPS) is 20.3. The lowest BCUT2D eigenvalue weighted by atomic mass is 9.98. The van der Waals surface area contributed by atoms with Gasteiger partial charge in [0.2, 0.25) is 0 Å². The zero-order chi connectivity index (χ0) is 36.9. The second-order valence-electron chi connectivity index (χ2n) is 13.9. The maximum absolute atomic E-state index is 16.3. The summed E-state index contributed by atoms with van der Waals surface area (Å²) in [6.07, 6.45) is -0.0128. The summed E-state index contributed by atoms with van der Waals surface area (Å²) in [5, 5.41) is 0.00686. The Labute approximate surface area is 286 Å². The van der Waals surface area contributed by atoms with E-state index < -0.39 is 82.8 Å². The van der Waals surface area contributed by atoms with Crippen molar-refractivity contribution in [3.8, 4) is 17.0 Å². The molecule has 1 amide bonds. The highest BCUT2D eigenvalue weighted by atomic mass is 19.3. The van der Waals surface area contributed by atoms with Gasteiger partial charge in [-0.3, -0.25) is 0 Å². The molecule has 0 spiro atoms. The third kappa shape index (κ3) is 7.13. The highest BCUT2D eigenvalue weighted by Gasteiger charge is 2.36. The van der Waals surface area contributed by atoms with Crippen molar-refractivity contribution in [3.63, 3.8) is 0 Å². The fraction of sp³-hybridized carbons (Fsp3) is 0.486. The van der Waals surface area contributed by atoms with Crippen molar-refractivity contribution in [3.05, 3.63) is 63.5 Å². The Morgan fingerprint density at radius 1 is 1.14 bits per heavy atom. The molecule has 0 saturated carbocycles. The number of hydrogen-bond acceptors (Lipinski definition) is 8. The molecule has 2 aliphatic rings. The van der Waals surface area contributed by atoms with Crippen molar-refractivity contribution in [2.75, 3.05) is 31.1 Å². The van der Waals surface area contributed by atoms with Gasteiger partial charge in [0.25, 0.3) is 5.92 Å². The first-order valence-electron chi connectivity index (χ1n) is 16.4. The van der Waals surface area contributed by atoms with Crippen molar-refractivity contribution in [1.29, 1.82) is 0 Å². The van der Waals surface area contributed by atoms with Crippen LogP contribution in [0.25, 0.3) is 28.0 Å². The van der Waals surface area contributed by atoms with Gasteiger partial charge >= 0.3 is 11.8 Å². The Morgan fingerprint density at radius 3 is 2.46 bits per heavy atom. The number of halogens is 5. The van der Waals surface area contributed by atoms with Gasteiger partial charge in [0.1, 0.15) is 22.9 Å². The number of ether oxygens (including phenoxy) is 2.